The lowest BCUT2D eigenvalue weighted by atomic mass is 10.00. The Kier molecular flexibility index (Phi) is 5.83. The lowest BCUT2D eigenvalue weighted by Gasteiger charge is -2.14. The van der Waals surface area contributed by atoms with Gasteiger partial charge in [-0.2, -0.15) is 0 Å². The van der Waals surface area contributed by atoms with Crippen LogP contribution in [0.15, 0.2) is 18.2 Å². The smallest absolute Gasteiger partial charge is 0.255 e. The Balaban J connectivity index is 2.84. The molecule has 0 bridgehead atoms. The topological polar surface area (TPSA) is 41.6 Å². The molecule has 0 heterocycles. The van der Waals surface area contributed by atoms with Crippen molar-refractivity contribution in [3.05, 3.63) is 29.3 Å². The van der Waals surface area contributed by atoms with Gasteiger partial charge in [0.25, 0.3) is 5.91 Å². The van der Waals surface area contributed by atoms with Crippen molar-refractivity contribution in [2.24, 2.45) is 0 Å². The van der Waals surface area contributed by atoms with Crippen molar-refractivity contribution in [3.63, 3.8) is 0 Å². The van der Waals surface area contributed by atoms with Crippen LogP contribution in [0.1, 0.15) is 35.7 Å². The molecule has 4 nitrogen and oxygen atoms in total. The second-order valence-corrected chi connectivity index (χ2v) is 5.17. The van der Waals surface area contributed by atoms with Crippen LogP contribution in [0.25, 0.3) is 0 Å². The molecule has 0 unspecified atom stereocenters. The number of carbonyl (C=O) groups excluding carboxylic acids is 1. The number of rotatable bonds is 6. The normalized spacial score (nSPS) is 10.9. The monoisotopic (exact) mass is 264 g/mol. The molecule has 0 saturated carbocycles. The maximum Gasteiger partial charge on any atom is 0.255 e. The minimum Gasteiger partial charge on any atom is -0.496 e. The highest BCUT2D eigenvalue weighted by atomic mass is 16.5. The van der Waals surface area contributed by atoms with E-state index < -0.39 is 0 Å². The summed E-state index contributed by atoms with van der Waals surface area (Å²) in [4.78, 5) is 14.2. The second-order valence-electron chi connectivity index (χ2n) is 5.17. The van der Waals surface area contributed by atoms with Crippen LogP contribution >= 0.6 is 0 Å². The summed E-state index contributed by atoms with van der Waals surface area (Å²) < 4.78 is 5.26. The molecule has 0 spiro atoms. The van der Waals surface area contributed by atoms with E-state index in [9.17, 15) is 4.79 Å². The Morgan fingerprint density at radius 2 is 2.05 bits per heavy atom. The standard InChI is InChI=1S/C15H24N2O2/c1-11(2)12-6-7-14(19-5)13(10-12)15(18)16-8-9-17(3)4/h6-7,10-11H,8-9H2,1-5H3,(H,16,18). The molecule has 1 N–H and O–H groups in total. The highest BCUT2D eigenvalue weighted by molar-refractivity contribution is 5.97. The molecule has 0 atom stereocenters. The summed E-state index contributed by atoms with van der Waals surface area (Å²) in [5.74, 6) is 0.923. The van der Waals surface area contributed by atoms with Crippen LogP contribution in [0, 0.1) is 0 Å². The molecule has 0 fully saturated rings. The largest absolute Gasteiger partial charge is 0.496 e. The number of likely N-dealkylation sites (N-methyl/N-ethyl adjacent to an activating group) is 1. The fourth-order valence-electron chi connectivity index (χ4n) is 1.75. The molecule has 1 aromatic rings. The van der Waals surface area contributed by atoms with Gasteiger partial charge in [-0.15, -0.1) is 0 Å². The van der Waals surface area contributed by atoms with Crippen molar-refractivity contribution in [2.75, 3.05) is 34.3 Å². The quantitative estimate of drug-likeness (QED) is 0.855. The number of ether oxygens (including phenoxy) is 1. The van der Waals surface area contributed by atoms with E-state index in [-0.39, 0.29) is 5.91 Å². The minimum atomic E-state index is -0.0822. The number of nitrogens with zero attached hydrogens (tertiary/aromatic N) is 1. The summed E-state index contributed by atoms with van der Waals surface area (Å²) in [7, 11) is 5.54. The molecule has 4 heteroatoms. The van der Waals surface area contributed by atoms with Gasteiger partial charge in [-0.1, -0.05) is 19.9 Å². The van der Waals surface area contributed by atoms with Gasteiger partial charge in [0.2, 0.25) is 0 Å². The summed E-state index contributed by atoms with van der Waals surface area (Å²) in [6.45, 7) is 5.66. The SMILES string of the molecule is COc1ccc(C(C)C)cc1C(=O)NCCN(C)C. The molecule has 0 aromatic heterocycles. The fraction of sp³-hybridized carbons (Fsp3) is 0.533. The molecule has 106 valence electrons. The Labute approximate surface area is 115 Å². The van der Waals surface area contributed by atoms with Crippen LogP contribution in [0.5, 0.6) is 5.75 Å². The Hall–Kier alpha value is -1.55. The summed E-state index contributed by atoms with van der Waals surface area (Å²) in [5, 5.41) is 2.91. The molecule has 1 rings (SSSR count). The van der Waals surface area contributed by atoms with Crippen molar-refractivity contribution in [3.8, 4) is 5.75 Å². The average molecular weight is 264 g/mol. The number of benzene rings is 1. The van der Waals surface area contributed by atoms with E-state index in [4.69, 9.17) is 4.74 Å². The van der Waals surface area contributed by atoms with Crippen molar-refractivity contribution in [1.29, 1.82) is 0 Å². The third-order valence-electron chi connectivity index (χ3n) is 2.98. The van der Waals surface area contributed by atoms with Crippen LogP contribution in [0.4, 0.5) is 0 Å². The van der Waals surface area contributed by atoms with Gasteiger partial charge in [0.1, 0.15) is 5.75 Å². The summed E-state index contributed by atoms with van der Waals surface area (Å²) in [6, 6.07) is 5.77. The van der Waals surface area contributed by atoms with Crippen LogP contribution in [0.3, 0.4) is 0 Å². The zero-order valence-electron chi connectivity index (χ0n) is 12.5. The summed E-state index contributed by atoms with van der Waals surface area (Å²) in [5.41, 5.74) is 1.74. The molecule has 0 aliphatic heterocycles. The minimum absolute atomic E-state index is 0.0822. The number of methoxy groups -OCH3 is 1. The van der Waals surface area contributed by atoms with E-state index in [1.807, 2.05) is 37.2 Å². The van der Waals surface area contributed by atoms with Crippen molar-refractivity contribution >= 4 is 5.91 Å². The van der Waals surface area contributed by atoms with Gasteiger partial charge in [0, 0.05) is 13.1 Å². The van der Waals surface area contributed by atoms with Gasteiger partial charge in [-0.05, 0) is 37.7 Å². The van der Waals surface area contributed by atoms with E-state index in [1.165, 1.54) is 0 Å². The number of hydrogen-bond donors (Lipinski definition) is 1. The van der Waals surface area contributed by atoms with Gasteiger partial charge < -0.3 is 15.0 Å². The van der Waals surface area contributed by atoms with Crippen molar-refractivity contribution in [1.82, 2.24) is 10.2 Å². The predicted molar refractivity (Wildman–Crippen MR) is 78.0 cm³/mol. The van der Waals surface area contributed by atoms with Gasteiger partial charge in [0.05, 0.1) is 12.7 Å². The van der Waals surface area contributed by atoms with Crippen LogP contribution in [-0.4, -0.2) is 45.1 Å². The third kappa shape index (κ3) is 4.56. The highest BCUT2D eigenvalue weighted by Gasteiger charge is 2.13. The maximum atomic E-state index is 12.2. The lowest BCUT2D eigenvalue weighted by Crippen LogP contribution is -2.31. The van der Waals surface area contributed by atoms with Crippen LogP contribution < -0.4 is 10.1 Å². The van der Waals surface area contributed by atoms with E-state index in [1.54, 1.807) is 7.11 Å². The average Bonchev–Trinajstić information content (AvgIpc) is 2.37. The first-order chi connectivity index (χ1) is 8.95. The van der Waals surface area contributed by atoms with Gasteiger partial charge in [0.15, 0.2) is 0 Å². The summed E-state index contributed by atoms with van der Waals surface area (Å²) >= 11 is 0. The number of hydrogen-bond acceptors (Lipinski definition) is 3. The van der Waals surface area contributed by atoms with Gasteiger partial charge in [-0.3, -0.25) is 4.79 Å². The number of amides is 1. The van der Waals surface area contributed by atoms with Gasteiger partial charge >= 0.3 is 0 Å². The molecular formula is C15H24N2O2. The molecule has 1 amide bonds. The van der Waals surface area contributed by atoms with E-state index >= 15 is 0 Å². The van der Waals surface area contributed by atoms with Crippen molar-refractivity contribution in [2.45, 2.75) is 19.8 Å². The maximum absolute atomic E-state index is 12.2. The van der Waals surface area contributed by atoms with E-state index in [2.05, 4.69) is 19.2 Å². The summed E-state index contributed by atoms with van der Waals surface area (Å²) in [6.07, 6.45) is 0. The Bertz CT molecular complexity index is 428. The van der Waals surface area contributed by atoms with E-state index in [0.717, 1.165) is 12.1 Å². The molecule has 19 heavy (non-hydrogen) atoms. The predicted octanol–water partition coefficient (Wildman–Crippen LogP) is 2.11. The van der Waals surface area contributed by atoms with Gasteiger partial charge in [-0.25, -0.2) is 0 Å². The fourth-order valence-corrected chi connectivity index (χ4v) is 1.75. The molecule has 1 aromatic carbocycles. The molecule has 0 saturated heterocycles. The molecule has 0 aliphatic carbocycles. The Morgan fingerprint density at radius 3 is 2.58 bits per heavy atom. The second kappa shape index (κ2) is 7.14. The Morgan fingerprint density at radius 1 is 1.37 bits per heavy atom. The van der Waals surface area contributed by atoms with Crippen molar-refractivity contribution < 1.29 is 9.53 Å². The zero-order valence-corrected chi connectivity index (χ0v) is 12.5. The van der Waals surface area contributed by atoms with Crippen LogP contribution in [-0.2, 0) is 0 Å². The van der Waals surface area contributed by atoms with E-state index in [0.29, 0.717) is 23.8 Å². The first-order valence-corrected chi connectivity index (χ1v) is 6.56. The lowest BCUT2D eigenvalue weighted by molar-refractivity contribution is 0.0948. The van der Waals surface area contributed by atoms with Crippen LogP contribution in [0.2, 0.25) is 0 Å². The third-order valence-corrected chi connectivity index (χ3v) is 2.98. The first-order valence-electron chi connectivity index (χ1n) is 6.56. The number of nitrogens with one attached hydrogen (secondary N) is 1. The molecule has 0 radical (unpaired) electrons. The molecule has 0 aliphatic rings. The molecular weight excluding hydrogens is 240 g/mol. The first kappa shape index (κ1) is 15.5. The number of carbonyl (C=O) groups is 1. The zero-order chi connectivity index (χ0) is 14.4. The highest BCUT2D eigenvalue weighted by Crippen LogP contribution is 2.24.